The normalized spacial score (nSPS) is 26.2. The Hall–Kier alpha value is -1.88. The van der Waals surface area contributed by atoms with Gasteiger partial charge in [-0.25, -0.2) is 5.32 Å². The molecule has 1 aliphatic carbocycles. The summed E-state index contributed by atoms with van der Waals surface area (Å²) in [6, 6.07) is 9.81. The lowest BCUT2D eigenvalue weighted by Gasteiger charge is -2.40. The zero-order chi connectivity index (χ0) is 16.6. The van der Waals surface area contributed by atoms with E-state index in [1.807, 2.05) is 35.2 Å². The fourth-order valence-electron chi connectivity index (χ4n) is 3.96. The van der Waals surface area contributed by atoms with Gasteiger partial charge in [0.25, 0.3) is 5.91 Å². The van der Waals surface area contributed by atoms with Gasteiger partial charge in [0.2, 0.25) is 5.91 Å². The van der Waals surface area contributed by atoms with Crippen molar-refractivity contribution >= 4 is 11.8 Å². The Morgan fingerprint density at radius 3 is 2.54 bits per heavy atom. The molecule has 5 nitrogen and oxygen atoms in total. The summed E-state index contributed by atoms with van der Waals surface area (Å²) in [5, 5.41) is 7.91. The van der Waals surface area contributed by atoms with Crippen LogP contribution in [0.4, 0.5) is 0 Å². The number of piperidine rings is 1. The van der Waals surface area contributed by atoms with E-state index in [1.54, 1.807) is 0 Å². The highest BCUT2D eigenvalue weighted by molar-refractivity contribution is 5.85. The molecule has 24 heavy (non-hydrogen) atoms. The number of hydrogen-bond donors (Lipinski definition) is 1. The first-order chi connectivity index (χ1) is 11.7. The number of likely N-dealkylation sites (tertiary alicyclic amines) is 1. The van der Waals surface area contributed by atoms with E-state index in [-0.39, 0.29) is 17.9 Å². The van der Waals surface area contributed by atoms with Gasteiger partial charge < -0.3 is 4.90 Å². The van der Waals surface area contributed by atoms with Crippen molar-refractivity contribution in [3.8, 4) is 0 Å². The lowest BCUT2D eigenvalue weighted by atomic mass is 9.83. The van der Waals surface area contributed by atoms with Gasteiger partial charge in [-0.15, -0.1) is 0 Å². The number of hydrogen-bond acceptors (Lipinski definition) is 3. The number of rotatable bonds is 3. The lowest BCUT2D eigenvalue weighted by molar-refractivity contribution is -0.140. The molecular weight excluding hydrogens is 302 g/mol. The summed E-state index contributed by atoms with van der Waals surface area (Å²) in [6.07, 6.45) is 5.42. The summed E-state index contributed by atoms with van der Waals surface area (Å²) in [4.78, 5) is 26.7. The SMILES string of the molecule is O=C1[N]C2(CCN(C(=O)C3CCC3)CC2)NC1Cc1ccccc1. The molecule has 4 rings (SSSR count). The van der Waals surface area contributed by atoms with Crippen molar-refractivity contribution in [2.45, 2.75) is 50.2 Å². The molecule has 1 saturated carbocycles. The van der Waals surface area contributed by atoms with Crippen molar-refractivity contribution in [2.75, 3.05) is 13.1 Å². The maximum atomic E-state index is 12.4. The molecule has 1 aromatic carbocycles. The number of nitrogens with zero attached hydrogens (tertiary/aromatic N) is 2. The number of carbonyl (C=O) groups is 2. The van der Waals surface area contributed by atoms with E-state index in [2.05, 4.69) is 10.6 Å². The summed E-state index contributed by atoms with van der Waals surface area (Å²) >= 11 is 0. The maximum absolute atomic E-state index is 12.4. The van der Waals surface area contributed by atoms with Crippen molar-refractivity contribution in [3.05, 3.63) is 35.9 Å². The van der Waals surface area contributed by atoms with Crippen molar-refractivity contribution in [1.29, 1.82) is 0 Å². The first-order valence-electron chi connectivity index (χ1n) is 9.02. The second-order valence-electron chi connectivity index (χ2n) is 7.32. The van der Waals surface area contributed by atoms with Crippen LogP contribution in [0, 0.1) is 5.92 Å². The van der Waals surface area contributed by atoms with E-state index in [9.17, 15) is 9.59 Å². The zero-order valence-corrected chi connectivity index (χ0v) is 13.9. The molecule has 2 aliphatic heterocycles. The largest absolute Gasteiger partial charge is 0.342 e. The Balaban J connectivity index is 1.35. The van der Waals surface area contributed by atoms with E-state index >= 15 is 0 Å². The van der Waals surface area contributed by atoms with Crippen LogP contribution in [0.5, 0.6) is 0 Å². The second-order valence-corrected chi connectivity index (χ2v) is 7.32. The van der Waals surface area contributed by atoms with Crippen LogP contribution in [-0.2, 0) is 16.0 Å². The molecule has 0 aromatic heterocycles. The molecule has 3 aliphatic rings. The minimum absolute atomic E-state index is 0.0439. The van der Waals surface area contributed by atoms with Gasteiger partial charge in [-0.05, 0) is 24.8 Å². The molecule has 1 N–H and O–H groups in total. The third-order valence-corrected chi connectivity index (χ3v) is 5.70. The fourth-order valence-corrected chi connectivity index (χ4v) is 3.96. The molecule has 1 atom stereocenters. The van der Waals surface area contributed by atoms with E-state index in [0.29, 0.717) is 25.4 Å². The zero-order valence-electron chi connectivity index (χ0n) is 13.9. The fraction of sp³-hybridized carbons (Fsp3) is 0.579. The summed E-state index contributed by atoms with van der Waals surface area (Å²) in [6.45, 7) is 1.41. The average molecular weight is 326 g/mol. The predicted molar refractivity (Wildman–Crippen MR) is 90.1 cm³/mol. The van der Waals surface area contributed by atoms with Crippen molar-refractivity contribution in [1.82, 2.24) is 15.5 Å². The van der Waals surface area contributed by atoms with E-state index < -0.39 is 5.66 Å². The molecular formula is C19H24N3O2. The van der Waals surface area contributed by atoms with Gasteiger partial charge >= 0.3 is 0 Å². The van der Waals surface area contributed by atoms with Crippen LogP contribution >= 0.6 is 0 Å². The van der Waals surface area contributed by atoms with Crippen LogP contribution in [-0.4, -0.2) is 41.5 Å². The molecule has 2 amide bonds. The van der Waals surface area contributed by atoms with E-state index in [4.69, 9.17) is 0 Å². The molecule has 1 aromatic rings. The van der Waals surface area contributed by atoms with Gasteiger partial charge in [-0.2, -0.15) is 0 Å². The predicted octanol–water partition coefficient (Wildman–Crippen LogP) is 1.45. The molecule has 127 valence electrons. The molecule has 1 radical (unpaired) electrons. The molecule has 2 heterocycles. The number of amides is 2. The molecule has 0 bridgehead atoms. The maximum Gasteiger partial charge on any atom is 0.260 e. The minimum Gasteiger partial charge on any atom is -0.342 e. The summed E-state index contributed by atoms with van der Waals surface area (Å²) in [7, 11) is 0. The van der Waals surface area contributed by atoms with Gasteiger partial charge in [0, 0.05) is 31.8 Å². The third kappa shape index (κ3) is 2.93. The molecule has 1 unspecified atom stereocenters. The quantitative estimate of drug-likeness (QED) is 0.914. The van der Waals surface area contributed by atoms with Gasteiger partial charge in [0.05, 0.1) is 6.04 Å². The van der Waals surface area contributed by atoms with Crippen LogP contribution in [0.2, 0.25) is 0 Å². The Labute approximate surface area is 142 Å². The lowest BCUT2D eigenvalue weighted by Crippen LogP contribution is -2.57. The molecule has 2 saturated heterocycles. The van der Waals surface area contributed by atoms with Gasteiger partial charge in [-0.3, -0.25) is 14.9 Å². The molecule has 1 spiro atoms. The number of nitrogens with one attached hydrogen (secondary N) is 1. The molecule has 3 fully saturated rings. The Morgan fingerprint density at radius 1 is 1.21 bits per heavy atom. The smallest absolute Gasteiger partial charge is 0.260 e. The second kappa shape index (κ2) is 6.20. The van der Waals surface area contributed by atoms with Crippen LogP contribution in [0.15, 0.2) is 30.3 Å². The summed E-state index contributed by atoms with van der Waals surface area (Å²) in [5.41, 5.74) is 0.695. The first-order valence-corrected chi connectivity index (χ1v) is 9.02. The van der Waals surface area contributed by atoms with Crippen LogP contribution in [0.25, 0.3) is 0 Å². The standard InChI is InChI=1S/C19H24N3O2/c23-17-16(13-14-5-2-1-3-6-14)20-19(21-17)9-11-22(12-10-19)18(24)15-7-4-8-15/h1-3,5-6,15-16,20H,4,7-13H2. The van der Waals surface area contributed by atoms with E-state index in [0.717, 1.165) is 31.2 Å². The van der Waals surface area contributed by atoms with Crippen molar-refractivity contribution in [2.24, 2.45) is 5.92 Å². The van der Waals surface area contributed by atoms with Gasteiger partial charge in [-0.1, -0.05) is 36.8 Å². The third-order valence-electron chi connectivity index (χ3n) is 5.70. The minimum atomic E-state index is -0.451. The number of benzene rings is 1. The highest BCUT2D eigenvalue weighted by atomic mass is 16.2. The van der Waals surface area contributed by atoms with Crippen LogP contribution in [0.1, 0.15) is 37.7 Å². The molecule has 5 heteroatoms. The Bertz CT molecular complexity index is 619. The Morgan fingerprint density at radius 2 is 1.92 bits per heavy atom. The summed E-state index contributed by atoms with van der Waals surface area (Å²) in [5.74, 6) is 0.513. The van der Waals surface area contributed by atoms with Crippen molar-refractivity contribution in [3.63, 3.8) is 0 Å². The Kier molecular flexibility index (Phi) is 4.04. The summed E-state index contributed by atoms with van der Waals surface area (Å²) < 4.78 is 0. The van der Waals surface area contributed by atoms with Crippen molar-refractivity contribution < 1.29 is 9.59 Å². The van der Waals surface area contributed by atoms with Gasteiger partial charge in [0.1, 0.15) is 5.66 Å². The van der Waals surface area contributed by atoms with Crippen LogP contribution in [0.3, 0.4) is 0 Å². The van der Waals surface area contributed by atoms with Crippen LogP contribution < -0.4 is 10.6 Å². The highest BCUT2D eigenvalue weighted by Gasteiger charge is 2.47. The van der Waals surface area contributed by atoms with E-state index in [1.165, 1.54) is 6.42 Å². The number of carbonyl (C=O) groups excluding carboxylic acids is 2. The topological polar surface area (TPSA) is 63.5 Å². The highest BCUT2D eigenvalue weighted by Crippen LogP contribution is 2.32. The first kappa shape index (κ1) is 15.6. The average Bonchev–Trinajstić information content (AvgIpc) is 2.83. The monoisotopic (exact) mass is 326 g/mol. The van der Waals surface area contributed by atoms with Gasteiger partial charge in [0.15, 0.2) is 0 Å².